The van der Waals surface area contributed by atoms with Gasteiger partial charge < -0.3 is 9.64 Å². The van der Waals surface area contributed by atoms with Crippen LogP contribution in [0.5, 0.6) is 0 Å². The lowest BCUT2D eigenvalue weighted by atomic mass is 9.95. The number of hydrogen-bond donors (Lipinski definition) is 0. The van der Waals surface area contributed by atoms with Crippen molar-refractivity contribution in [3.63, 3.8) is 0 Å². The molecule has 0 aromatic carbocycles. The Bertz CT molecular complexity index is 589. The minimum atomic E-state index is -1.20. The van der Waals surface area contributed by atoms with Crippen molar-refractivity contribution >= 4 is 40.1 Å². The molecule has 0 saturated heterocycles. The summed E-state index contributed by atoms with van der Waals surface area (Å²) in [4.78, 5) is 32.2. The second kappa shape index (κ2) is 8.31. The van der Waals surface area contributed by atoms with Gasteiger partial charge in [0.2, 0.25) is 5.82 Å². The van der Waals surface area contributed by atoms with Gasteiger partial charge in [0.25, 0.3) is 0 Å². The molecule has 10 heteroatoms. The van der Waals surface area contributed by atoms with Crippen molar-refractivity contribution in [3.8, 4) is 0 Å². The van der Waals surface area contributed by atoms with Crippen LogP contribution in [0.25, 0.3) is 0 Å². The molecule has 0 saturated carbocycles. The lowest BCUT2D eigenvalue weighted by molar-refractivity contribution is -0.384. The summed E-state index contributed by atoms with van der Waals surface area (Å²) < 4.78 is 17.8. The van der Waals surface area contributed by atoms with Gasteiger partial charge in [0, 0.05) is 29.1 Å². The van der Waals surface area contributed by atoms with Crippen LogP contribution in [0, 0.1) is 13.9 Å². The van der Waals surface area contributed by atoms with Crippen molar-refractivity contribution in [1.82, 2.24) is 9.97 Å². The van der Waals surface area contributed by atoms with Gasteiger partial charge in [-0.2, -0.15) is 4.98 Å². The fraction of sp³-hybridized carbons (Fsp3) is 0.615. The third-order valence-electron chi connectivity index (χ3n) is 3.60. The van der Waals surface area contributed by atoms with Crippen LogP contribution < -0.4 is 4.90 Å². The van der Waals surface area contributed by atoms with E-state index in [2.05, 4.69) is 9.97 Å². The van der Waals surface area contributed by atoms with E-state index in [9.17, 15) is 19.3 Å². The Balaban J connectivity index is 3.50. The summed E-state index contributed by atoms with van der Waals surface area (Å²) in [6.07, 6.45) is 1.49. The highest BCUT2D eigenvalue weighted by Crippen LogP contribution is 2.33. The summed E-state index contributed by atoms with van der Waals surface area (Å²) in [5.74, 6) is -0.584. The standard InChI is InChI=1S/C13H18FIN4O4/c1-4-13(2,11(20)23-3)18(7-5-6-14)10-9(19(21)22)8-16-12(15)17-10/h8H,4-7H2,1-3H3. The van der Waals surface area contributed by atoms with Crippen LogP contribution in [0.15, 0.2) is 6.20 Å². The number of carbonyl (C=O) groups is 1. The van der Waals surface area contributed by atoms with Crippen LogP contribution in [0.2, 0.25) is 0 Å². The Kier molecular flexibility index (Phi) is 7.03. The number of alkyl halides is 1. The third-order valence-corrected chi connectivity index (χ3v) is 4.12. The minimum absolute atomic E-state index is 0.0161. The maximum absolute atomic E-state index is 12.7. The fourth-order valence-corrected chi connectivity index (χ4v) is 2.51. The number of nitro groups is 1. The zero-order chi connectivity index (χ0) is 17.6. The Labute approximate surface area is 146 Å². The number of hydrogen-bond acceptors (Lipinski definition) is 7. The van der Waals surface area contributed by atoms with E-state index in [-0.39, 0.29) is 28.3 Å². The van der Waals surface area contributed by atoms with E-state index in [1.165, 1.54) is 12.0 Å². The monoisotopic (exact) mass is 440 g/mol. The van der Waals surface area contributed by atoms with Crippen molar-refractivity contribution in [3.05, 3.63) is 20.1 Å². The second-order valence-electron chi connectivity index (χ2n) is 4.92. The quantitative estimate of drug-likeness (QED) is 0.201. The van der Waals surface area contributed by atoms with E-state index in [0.29, 0.717) is 6.42 Å². The Morgan fingerprint density at radius 3 is 2.74 bits per heavy atom. The molecule has 1 atom stereocenters. The first-order chi connectivity index (χ1) is 10.8. The van der Waals surface area contributed by atoms with Gasteiger partial charge in [0.05, 0.1) is 18.7 Å². The molecule has 1 rings (SSSR count). The number of rotatable bonds is 8. The van der Waals surface area contributed by atoms with Gasteiger partial charge in [0.15, 0.2) is 3.83 Å². The maximum Gasteiger partial charge on any atom is 0.331 e. The van der Waals surface area contributed by atoms with E-state index in [4.69, 9.17) is 4.74 Å². The Hall–Kier alpha value is -1.59. The normalized spacial score (nSPS) is 13.3. The van der Waals surface area contributed by atoms with Crippen LogP contribution in [0.3, 0.4) is 0 Å². The van der Waals surface area contributed by atoms with E-state index in [1.54, 1.807) is 13.8 Å². The maximum atomic E-state index is 12.7. The van der Waals surface area contributed by atoms with Crippen LogP contribution >= 0.6 is 22.6 Å². The van der Waals surface area contributed by atoms with Gasteiger partial charge in [-0.15, -0.1) is 0 Å². The topological polar surface area (TPSA) is 98.5 Å². The zero-order valence-electron chi connectivity index (χ0n) is 13.1. The molecule has 23 heavy (non-hydrogen) atoms. The average Bonchev–Trinajstić information content (AvgIpc) is 2.53. The van der Waals surface area contributed by atoms with Crippen molar-refractivity contribution < 1.29 is 18.8 Å². The van der Waals surface area contributed by atoms with E-state index >= 15 is 0 Å². The number of methoxy groups -OCH3 is 1. The molecule has 0 aliphatic heterocycles. The SMILES string of the molecule is CCC(C)(C(=O)OC)N(CCCF)c1nc(I)ncc1[N+](=O)[O-]. The number of esters is 1. The van der Waals surface area contributed by atoms with Gasteiger partial charge >= 0.3 is 11.7 Å². The van der Waals surface area contributed by atoms with Crippen LogP contribution in [-0.2, 0) is 9.53 Å². The number of nitrogens with zero attached hydrogens (tertiary/aromatic N) is 4. The molecule has 0 fully saturated rings. The Morgan fingerprint density at radius 2 is 2.26 bits per heavy atom. The largest absolute Gasteiger partial charge is 0.467 e. The summed E-state index contributed by atoms with van der Waals surface area (Å²) in [5, 5.41) is 11.3. The first kappa shape index (κ1) is 19.5. The lowest BCUT2D eigenvalue weighted by Crippen LogP contribution is -2.54. The van der Waals surface area contributed by atoms with E-state index in [1.807, 2.05) is 22.6 Å². The smallest absolute Gasteiger partial charge is 0.331 e. The molecular weight excluding hydrogens is 422 g/mol. The van der Waals surface area contributed by atoms with Gasteiger partial charge in [0.1, 0.15) is 11.7 Å². The van der Waals surface area contributed by atoms with Crippen molar-refractivity contribution in [1.29, 1.82) is 0 Å². The fourth-order valence-electron chi connectivity index (χ4n) is 2.14. The number of halogens is 2. The highest BCUT2D eigenvalue weighted by molar-refractivity contribution is 14.1. The summed E-state index contributed by atoms with van der Waals surface area (Å²) in [6.45, 7) is 2.81. The third kappa shape index (κ3) is 4.24. The first-order valence-electron chi connectivity index (χ1n) is 6.90. The molecule has 0 aliphatic carbocycles. The molecule has 128 valence electrons. The summed E-state index contributed by atoms with van der Waals surface area (Å²) in [7, 11) is 1.24. The zero-order valence-corrected chi connectivity index (χ0v) is 15.2. The lowest BCUT2D eigenvalue weighted by Gasteiger charge is -2.38. The van der Waals surface area contributed by atoms with Crippen molar-refractivity contribution in [2.45, 2.75) is 32.2 Å². The molecule has 1 aromatic heterocycles. The van der Waals surface area contributed by atoms with Gasteiger partial charge in [-0.1, -0.05) is 6.92 Å². The molecule has 8 nitrogen and oxygen atoms in total. The number of carbonyl (C=O) groups excluding carboxylic acids is 1. The number of ether oxygens (including phenoxy) is 1. The minimum Gasteiger partial charge on any atom is -0.467 e. The molecule has 0 N–H and O–H groups in total. The van der Waals surface area contributed by atoms with Gasteiger partial charge in [-0.25, -0.2) is 9.78 Å². The highest BCUT2D eigenvalue weighted by Gasteiger charge is 2.42. The van der Waals surface area contributed by atoms with E-state index < -0.39 is 23.1 Å². The molecule has 0 radical (unpaired) electrons. The van der Waals surface area contributed by atoms with Gasteiger partial charge in [-0.3, -0.25) is 14.5 Å². The summed E-state index contributed by atoms with van der Waals surface area (Å²) in [6, 6.07) is 0. The molecule has 1 unspecified atom stereocenters. The number of aromatic nitrogens is 2. The highest BCUT2D eigenvalue weighted by atomic mass is 127. The molecular formula is C13H18FIN4O4. The first-order valence-corrected chi connectivity index (χ1v) is 7.98. The van der Waals surface area contributed by atoms with Crippen LogP contribution in [-0.4, -0.2) is 46.7 Å². The van der Waals surface area contributed by atoms with Crippen molar-refractivity contribution in [2.24, 2.45) is 0 Å². The van der Waals surface area contributed by atoms with Crippen LogP contribution in [0.4, 0.5) is 15.9 Å². The molecule has 1 heterocycles. The predicted octanol–water partition coefficient (Wildman–Crippen LogP) is 2.50. The van der Waals surface area contributed by atoms with Crippen LogP contribution in [0.1, 0.15) is 26.7 Å². The predicted molar refractivity (Wildman–Crippen MR) is 90.1 cm³/mol. The number of anilines is 1. The van der Waals surface area contributed by atoms with Crippen molar-refractivity contribution in [2.75, 3.05) is 25.2 Å². The molecule has 0 spiro atoms. The average molecular weight is 440 g/mol. The molecule has 0 amide bonds. The second-order valence-corrected chi connectivity index (χ2v) is 5.88. The Morgan fingerprint density at radius 1 is 1.61 bits per heavy atom. The molecule has 0 aliphatic rings. The molecule has 1 aromatic rings. The molecule has 0 bridgehead atoms. The van der Waals surface area contributed by atoms with E-state index in [0.717, 1.165) is 6.20 Å². The summed E-state index contributed by atoms with van der Waals surface area (Å²) >= 11 is 1.82. The van der Waals surface area contributed by atoms with Gasteiger partial charge in [-0.05, 0) is 19.8 Å². The summed E-state index contributed by atoms with van der Waals surface area (Å²) in [5.41, 5.74) is -1.54.